The Balaban J connectivity index is 4.38. The Labute approximate surface area is 328 Å². The van der Waals surface area contributed by atoms with Crippen molar-refractivity contribution in [2.45, 2.75) is 206 Å². The lowest BCUT2D eigenvalue weighted by molar-refractivity contribution is -0.441. The minimum Gasteiger partial charge on any atom is -0.756 e. The number of esters is 2. The Bertz CT molecular complexity index is 1020. The van der Waals surface area contributed by atoms with Crippen LogP contribution in [0.4, 0.5) is 0 Å². The zero-order chi connectivity index (χ0) is 40.0. The number of allylic oxidation sites excluding steroid dienone is 4. The van der Waals surface area contributed by atoms with Gasteiger partial charge in [0.05, 0.1) is 6.61 Å². The van der Waals surface area contributed by atoms with E-state index < -0.39 is 51.1 Å². The molecule has 316 valence electrons. The standard InChI is InChI=1S/C42H78NO10P/c1-3-5-7-9-11-13-15-17-19-21-23-25-27-29-31-33-40(44)50-35-38(36-51-54(48,49)52-37-39(43)42(46)47)53-41(45)34-32-30-28-26-24-22-20-18-16-14-12-10-8-6-4-2/h12,14,18,20,38-39H,3-11,13,15-17,19,21-37,43H2,1-2H3,(H,46,47)(H,48,49)/p-1/b14-12-,20-18-/t38-,39+/m1/s1. The molecule has 12 heteroatoms. The molecule has 0 saturated carbocycles. The van der Waals surface area contributed by atoms with E-state index in [9.17, 15) is 28.9 Å². The van der Waals surface area contributed by atoms with Gasteiger partial charge in [0.15, 0.2) is 6.10 Å². The van der Waals surface area contributed by atoms with Gasteiger partial charge in [-0.1, -0.05) is 160 Å². The van der Waals surface area contributed by atoms with Gasteiger partial charge in [-0.25, -0.2) is 0 Å². The predicted octanol–water partition coefficient (Wildman–Crippen LogP) is 8.38. The fourth-order valence-corrected chi connectivity index (χ4v) is 6.59. The van der Waals surface area contributed by atoms with Gasteiger partial charge in [0, 0.05) is 12.8 Å². The van der Waals surface area contributed by atoms with E-state index in [1.165, 1.54) is 89.9 Å². The highest BCUT2D eigenvalue weighted by Gasteiger charge is 2.22. The number of quaternary nitrogens is 1. The fourth-order valence-electron chi connectivity index (χ4n) is 5.80. The Kier molecular flexibility index (Phi) is 36.4. The van der Waals surface area contributed by atoms with Crippen LogP contribution in [0.15, 0.2) is 24.3 Å². The van der Waals surface area contributed by atoms with E-state index in [4.69, 9.17) is 14.0 Å². The van der Waals surface area contributed by atoms with Crippen molar-refractivity contribution < 1.29 is 53.2 Å². The molecule has 0 aliphatic rings. The number of hydrogen-bond acceptors (Lipinski definition) is 10. The summed E-state index contributed by atoms with van der Waals surface area (Å²) in [4.78, 5) is 48.0. The summed E-state index contributed by atoms with van der Waals surface area (Å²) in [5.41, 5.74) is 3.24. The number of carbonyl (C=O) groups excluding carboxylic acids is 3. The second-order valence-electron chi connectivity index (χ2n) is 14.5. The zero-order valence-corrected chi connectivity index (χ0v) is 35.0. The van der Waals surface area contributed by atoms with Crippen LogP contribution in [0.3, 0.4) is 0 Å². The largest absolute Gasteiger partial charge is 0.756 e. The molecule has 0 aromatic carbocycles. The first-order valence-electron chi connectivity index (χ1n) is 21.4. The first-order valence-corrected chi connectivity index (χ1v) is 22.9. The maximum atomic E-state index is 12.6. The highest BCUT2D eigenvalue weighted by molar-refractivity contribution is 7.45. The molecule has 3 N–H and O–H groups in total. The Morgan fingerprint density at radius 3 is 1.48 bits per heavy atom. The van der Waals surface area contributed by atoms with Crippen molar-refractivity contribution >= 4 is 25.7 Å². The molecular formula is C42H77NO10P-. The monoisotopic (exact) mass is 787 g/mol. The Morgan fingerprint density at radius 2 is 0.981 bits per heavy atom. The molecule has 0 saturated heterocycles. The third kappa shape index (κ3) is 36.9. The van der Waals surface area contributed by atoms with Gasteiger partial charge >= 0.3 is 11.9 Å². The summed E-state index contributed by atoms with van der Waals surface area (Å²) in [7, 11) is -4.95. The zero-order valence-electron chi connectivity index (χ0n) is 34.1. The Hall–Kier alpha value is -2.04. The van der Waals surface area contributed by atoms with Crippen LogP contribution in [-0.4, -0.2) is 49.9 Å². The van der Waals surface area contributed by atoms with Gasteiger partial charge in [-0.15, -0.1) is 0 Å². The van der Waals surface area contributed by atoms with Crippen LogP contribution in [0.5, 0.6) is 0 Å². The lowest BCUT2D eigenvalue weighted by atomic mass is 10.0. The number of carboxylic acid groups (broad SMARTS) is 1. The first kappa shape index (κ1) is 52.0. The quantitative estimate of drug-likeness (QED) is 0.0274. The number of ether oxygens (including phenoxy) is 2. The lowest BCUT2D eigenvalue weighted by Crippen LogP contribution is -2.70. The molecule has 0 fully saturated rings. The number of carboxylic acids is 1. The van der Waals surface area contributed by atoms with E-state index in [0.717, 1.165) is 64.2 Å². The molecule has 1 unspecified atom stereocenters. The van der Waals surface area contributed by atoms with Gasteiger partial charge in [-0.3, -0.25) is 14.2 Å². The van der Waals surface area contributed by atoms with Gasteiger partial charge < -0.3 is 39.0 Å². The summed E-state index contributed by atoms with van der Waals surface area (Å²) in [6.07, 6.45) is 37.9. The van der Waals surface area contributed by atoms with Gasteiger partial charge in [0.1, 0.15) is 25.2 Å². The second-order valence-corrected chi connectivity index (χ2v) is 15.9. The molecule has 11 nitrogen and oxygen atoms in total. The summed E-state index contributed by atoms with van der Waals surface area (Å²) < 4.78 is 32.3. The highest BCUT2D eigenvalue weighted by Crippen LogP contribution is 2.38. The molecule has 0 heterocycles. The summed E-state index contributed by atoms with van der Waals surface area (Å²) in [5.74, 6) is -2.59. The number of phosphoric acid groups is 1. The first-order chi connectivity index (χ1) is 26.1. The van der Waals surface area contributed by atoms with E-state index in [-0.39, 0.29) is 19.4 Å². The topological polar surface area (TPSA) is 179 Å². The van der Waals surface area contributed by atoms with Crippen LogP contribution in [0.1, 0.15) is 194 Å². The molecule has 0 aromatic heterocycles. The molecule has 0 radical (unpaired) electrons. The number of aliphatic carboxylic acids is 1. The smallest absolute Gasteiger partial charge is 0.306 e. The van der Waals surface area contributed by atoms with Gasteiger partial charge in [0.25, 0.3) is 7.82 Å². The molecule has 0 aromatic rings. The minimum atomic E-state index is -4.95. The lowest BCUT2D eigenvalue weighted by Gasteiger charge is -2.26. The summed E-state index contributed by atoms with van der Waals surface area (Å²) in [6.45, 7) is 2.67. The average molecular weight is 787 g/mol. The predicted molar refractivity (Wildman–Crippen MR) is 211 cm³/mol. The Morgan fingerprint density at radius 1 is 0.574 bits per heavy atom. The average Bonchev–Trinajstić information content (AvgIpc) is 3.14. The molecule has 0 rings (SSSR count). The van der Waals surface area contributed by atoms with Crippen LogP contribution >= 0.6 is 7.82 Å². The van der Waals surface area contributed by atoms with E-state index >= 15 is 0 Å². The van der Waals surface area contributed by atoms with E-state index in [1.807, 2.05) is 0 Å². The summed E-state index contributed by atoms with van der Waals surface area (Å²) in [6, 6.07) is -1.42. The van der Waals surface area contributed by atoms with Crippen LogP contribution in [0.25, 0.3) is 0 Å². The van der Waals surface area contributed by atoms with Crippen molar-refractivity contribution in [3.8, 4) is 0 Å². The number of rotatable bonds is 40. The molecule has 0 aliphatic carbocycles. The van der Waals surface area contributed by atoms with Crippen molar-refractivity contribution in [3.05, 3.63) is 24.3 Å². The van der Waals surface area contributed by atoms with E-state index in [1.54, 1.807) is 0 Å². The van der Waals surface area contributed by atoms with Crippen molar-refractivity contribution in [1.29, 1.82) is 0 Å². The number of carbonyl (C=O) groups is 3. The molecule has 0 bridgehead atoms. The van der Waals surface area contributed by atoms with E-state index in [2.05, 4.69) is 48.4 Å². The maximum Gasteiger partial charge on any atom is 0.306 e. The van der Waals surface area contributed by atoms with Crippen molar-refractivity contribution in [2.24, 2.45) is 0 Å². The third-order valence-electron chi connectivity index (χ3n) is 9.23. The highest BCUT2D eigenvalue weighted by atomic mass is 31.2. The molecule has 54 heavy (non-hydrogen) atoms. The van der Waals surface area contributed by atoms with E-state index in [0.29, 0.717) is 12.8 Å². The maximum absolute atomic E-state index is 12.6. The van der Waals surface area contributed by atoms with Crippen molar-refractivity contribution in [2.75, 3.05) is 19.8 Å². The van der Waals surface area contributed by atoms with Gasteiger partial charge in [-0.05, 0) is 44.9 Å². The fraction of sp³-hybridized carbons (Fsp3) is 0.833. The van der Waals surface area contributed by atoms with Crippen molar-refractivity contribution in [3.63, 3.8) is 0 Å². The van der Waals surface area contributed by atoms with Crippen LogP contribution in [0.2, 0.25) is 0 Å². The van der Waals surface area contributed by atoms with Gasteiger partial charge in [-0.2, -0.15) is 0 Å². The summed E-state index contributed by atoms with van der Waals surface area (Å²) in [5, 5.41) is 10.8. The number of unbranched alkanes of at least 4 members (excludes halogenated alkanes) is 22. The molecule has 0 spiro atoms. The van der Waals surface area contributed by atoms with Crippen LogP contribution in [0, 0.1) is 0 Å². The number of phosphoric ester groups is 1. The second kappa shape index (κ2) is 37.9. The third-order valence-corrected chi connectivity index (χ3v) is 10.2. The molecule has 0 amide bonds. The van der Waals surface area contributed by atoms with Gasteiger partial charge in [0.2, 0.25) is 0 Å². The van der Waals surface area contributed by atoms with Crippen LogP contribution < -0.4 is 15.7 Å². The number of hydrogen-bond donors (Lipinski definition) is 1. The van der Waals surface area contributed by atoms with Crippen LogP contribution in [-0.2, 0) is 37.5 Å². The summed E-state index contributed by atoms with van der Waals surface area (Å²) >= 11 is 0. The molecular weight excluding hydrogens is 709 g/mol. The SMILES string of the molecule is CCCCC/C=C\C/C=C\CCCCCCCC(=O)O[C@H](COC(=O)CCCCCCCCCCCCCCCCC)COP(=O)([O-])OC[C@H]([NH3+])C(=O)[O-]. The normalized spacial score (nSPS) is 14.0. The van der Waals surface area contributed by atoms with Crippen molar-refractivity contribution in [1.82, 2.24) is 0 Å². The minimum absolute atomic E-state index is 0.133. The molecule has 3 atom stereocenters. The molecule has 0 aliphatic heterocycles.